The highest BCUT2D eigenvalue weighted by atomic mass is 16.5. The number of aromatic nitrogens is 1. The molecule has 1 aromatic carbocycles. The molecule has 0 saturated carbocycles. The second-order valence-electron chi connectivity index (χ2n) is 5.70. The van der Waals surface area contributed by atoms with Gasteiger partial charge in [-0.15, -0.1) is 0 Å². The molecule has 1 saturated heterocycles. The van der Waals surface area contributed by atoms with Crippen molar-refractivity contribution in [2.45, 2.75) is 38.8 Å². The average molecular weight is 302 g/mol. The molecule has 3 rings (SSSR count). The van der Waals surface area contributed by atoms with E-state index < -0.39 is 0 Å². The van der Waals surface area contributed by atoms with Crippen LogP contribution in [-0.4, -0.2) is 28.8 Å². The third kappa shape index (κ3) is 2.95. The maximum atomic E-state index is 10.1. The van der Waals surface area contributed by atoms with E-state index in [2.05, 4.69) is 23.0 Å². The minimum Gasteiger partial charge on any atom is -0.507 e. The molecule has 1 N–H and O–H groups in total. The highest BCUT2D eigenvalue weighted by molar-refractivity contribution is 5.39. The zero-order chi connectivity index (χ0) is 15.5. The van der Waals surface area contributed by atoms with Gasteiger partial charge >= 0.3 is 0 Å². The highest BCUT2D eigenvalue weighted by Crippen LogP contribution is 2.35. The van der Waals surface area contributed by atoms with E-state index in [4.69, 9.17) is 9.26 Å². The number of hydrogen-bond donors (Lipinski definition) is 1. The quantitative estimate of drug-likeness (QED) is 0.918. The summed E-state index contributed by atoms with van der Waals surface area (Å²) in [6, 6.07) is 7.75. The Kier molecular flexibility index (Phi) is 4.34. The molecule has 1 aromatic heterocycles. The number of rotatable bonds is 5. The first-order valence-electron chi connectivity index (χ1n) is 7.76. The molecule has 0 radical (unpaired) electrons. The summed E-state index contributed by atoms with van der Waals surface area (Å²) in [6.07, 6.45) is 3.08. The minimum absolute atomic E-state index is 0.245. The standard InChI is InChI=1S/C17H22N2O3/c1-3-13-9-17(22-18-13)15-5-4-8-19(15)11-12-6-7-14(21-2)10-16(12)20/h6-7,9-10,15,20H,3-5,8,11H2,1-2H3. The van der Waals surface area contributed by atoms with E-state index in [1.54, 1.807) is 13.2 Å². The average Bonchev–Trinajstić information content (AvgIpc) is 3.17. The first-order chi connectivity index (χ1) is 10.7. The Balaban J connectivity index is 1.76. The van der Waals surface area contributed by atoms with Crippen molar-refractivity contribution in [3.8, 4) is 11.5 Å². The number of hydrogen-bond acceptors (Lipinski definition) is 5. The molecule has 2 heterocycles. The van der Waals surface area contributed by atoms with Gasteiger partial charge in [-0.05, 0) is 31.9 Å². The van der Waals surface area contributed by atoms with Crippen molar-refractivity contribution in [1.82, 2.24) is 10.1 Å². The Morgan fingerprint density at radius 3 is 2.95 bits per heavy atom. The van der Waals surface area contributed by atoms with Crippen LogP contribution < -0.4 is 4.74 Å². The number of phenols is 1. The van der Waals surface area contributed by atoms with Crippen LogP contribution in [0.2, 0.25) is 0 Å². The second kappa shape index (κ2) is 6.40. The van der Waals surface area contributed by atoms with Crippen LogP contribution in [0.3, 0.4) is 0 Å². The van der Waals surface area contributed by atoms with Crippen molar-refractivity contribution >= 4 is 0 Å². The molecule has 5 nitrogen and oxygen atoms in total. The predicted octanol–water partition coefficient (Wildman–Crippen LogP) is 3.29. The van der Waals surface area contributed by atoms with Gasteiger partial charge < -0.3 is 14.4 Å². The predicted molar refractivity (Wildman–Crippen MR) is 82.9 cm³/mol. The largest absolute Gasteiger partial charge is 0.507 e. The molecule has 0 amide bonds. The van der Waals surface area contributed by atoms with Crippen LogP contribution in [0.1, 0.15) is 42.8 Å². The molecule has 0 spiro atoms. The van der Waals surface area contributed by atoms with Crippen LogP contribution in [0.5, 0.6) is 11.5 Å². The lowest BCUT2D eigenvalue weighted by Gasteiger charge is -2.22. The van der Waals surface area contributed by atoms with Gasteiger partial charge in [-0.2, -0.15) is 0 Å². The Morgan fingerprint density at radius 1 is 1.41 bits per heavy atom. The number of benzene rings is 1. The number of aromatic hydroxyl groups is 1. The molecule has 1 unspecified atom stereocenters. The maximum absolute atomic E-state index is 10.1. The first kappa shape index (κ1) is 14.9. The Labute approximate surface area is 130 Å². The third-order valence-electron chi connectivity index (χ3n) is 4.30. The van der Waals surface area contributed by atoms with Crippen molar-refractivity contribution in [3.05, 3.63) is 41.3 Å². The van der Waals surface area contributed by atoms with Crippen LogP contribution in [-0.2, 0) is 13.0 Å². The van der Waals surface area contributed by atoms with Crippen molar-refractivity contribution in [2.24, 2.45) is 0 Å². The van der Waals surface area contributed by atoms with Crippen molar-refractivity contribution in [1.29, 1.82) is 0 Å². The SMILES string of the molecule is CCc1cc(C2CCCN2Cc2ccc(OC)cc2O)on1. The molecule has 0 aliphatic carbocycles. The van der Waals surface area contributed by atoms with E-state index in [0.29, 0.717) is 12.3 Å². The zero-order valence-electron chi connectivity index (χ0n) is 13.1. The Bertz CT molecular complexity index is 639. The maximum Gasteiger partial charge on any atom is 0.154 e. The molecule has 1 aliphatic heterocycles. The summed E-state index contributed by atoms with van der Waals surface area (Å²) in [5.41, 5.74) is 1.90. The summed E-state index contributed by atoms with van der Waals surface area (Å²) < 4.78 is 10.6. The van der Waals surface area contributed by atoms with Gasteiger partial charge in [-0.25, -0.2) is 0 Å². The van der Waals surface area contributed by atoms with Crippen LogP contribution in [0.4, 0.5) is 0 Å². The van der Waals surface area contributed by atoms with E-state index >= 15 is 0 Å². The van der Waals surface area contributed by atoms with Crippen molar-refractivity contribution in [2.75, 3.05) is 13.7 Å². The van der Waals surface area contributed by atoms with Crippen LogP contribution in [0, 0.1) is 0 Å². The summed E-state index contributed by atoms with van der Waals surface area (Å²) in [5.74, 6) is 1.88. The normalized spacial score (nSPS) is 18.7. The molecule has 0 bridgehead atoms. The molecule has 1 fully saturated rings. The summed E-state index contributed by atoms with van der Waals surface area (Å²) in [4.78, 5) is 2.33. The fourth-order valence-corrected chi connectivity index (χ4v) is 3.01. The molecule has 5 heteroatoms. The van der Waals surface area contributed by atoms with Gasteiger partial charge in [0.25, 0.3) is 0 Å². The van der Waals surface area contributed by atoms with Crippen molar-refractivity contribution in [3.63, 3.8) is 0 Å². The number of nitrogens with zero attached hydrogens (tertiary/aromatic N) is 2. The van der Waals surface area contributed by atoms with Gasteiger partial charge in [-0.1, -0.05) is 18.1 Å². The molecule has 1 atom stereocenters. The van der Waals surface area contributed by atoms with E-state index in [1.807, 2.05) is 12.1 Å². The smallest absolute Gasteiger partial charge is 0.154 e. The molecule has 1 aliphatic rings. The van der Waals surface area contributed by atoms with E-state index in [-0.39, 0.29) is 11.8 Å². The van der Waals surface area contributed by atoms with Crippen molar-refractivity contribution < 1.29 is 14.4 Å². The molecular weight excluding hydrogens is 280 g/mol. The lowest BCUT2D eigenvalue weighted by molar-refractivity contribution is 0.204. The highest BCUT2D eigenvalue weighted by Gasteiger charge is 2.29. The number of methoxy groups -OCH3 is 1. The van der Waals surface area contributed by atoms with Gasteiger partial charge in [0.2, 0.25) is 0 Å². The lowest BCUT2D eigenvalue weighted by atomic mass is 10.1. The molecule has 118 valence electrons. The van der Waals surface area contributed by atoms with Gasteiger partial charge in [-0.3, -0.25) is 4.90 Å². The number of likely N-dealkylation sites (tertiary alicyclic amines) is 1. The van der Waals surface area contributed by atoms with Gasteiger partial charge in [0.05, 0.1) is 18.8 Å². The zero-order valence-corrected chi connectivity index (χ0v) is 13.1. The monoisotopic (exact) mass is 302 g/mol. The van der Waals surface area contributed by atoms with Gasteiger partial charge in [0.15, 0.2) is 5.76 Å². The summed E-state index contributed by atoms with van der Waals surface area (Å²) in [7, 11) is 1.60. The lowest BCUT2D eigenvalue weighted by Crippen LogP contribution is -2.22. The van der Waals surface area contributed by atoms with Crippen LogP contribution in [0.25, 0.3) is 0 Å². The van der Waals surface area contributed by atoms with E-state index in [1.165, 1.54) is 0 Å². The third-order valence-corrected chi connectivity index (χ3v) is 4.30. The van der Waals surface area contributed by atoms with Crippen LogP contribution in [0.15, 0.2) is 28.8 Å². The number of ether oxygens (including phenoxy) is 1. The molecule has 22 heavy (non-hydrogen) atoms. The number of aryl methyl sites for hydroxylation is 1. The Hall–Kier alpha value is -2.01. The summed E-state index contributed by atoms with van der Waals surface area (Å²) >= 11 is 0. The summed E-state index contributed by atoms with van der Waals surface area (Å²) in [6.45, 7) is 3.77. The van der Waals surface area contributed by atoms with Crippen LogP contribution >= 0.6 is 0 Å². The van der Waals surface area contributed by atoms with Gasteiger partial charge in [0, 0.05) is 24.2 Å². The minimum atomic E-state index is 0.245. The van der Waals surface area contributed by atoms with E-state index in [0.717, 1.165) is 42.8 Å². The van der Waals surface area contributed by atoms with Gasteiger partial charge in [0.1, 0.15) is 11.5 Å². The fourth-order valence-electron chi connectivity index (χ4n) is 3.01. The summed E-state index contributed by atoms with van der Waals surface area (Å²) in [5, 5.41) is 14.2. The Morgan fingerprint density at radius 2 is 2.27 bits per heavy atom. The topological polar surface area (TPSA) is 58.7 Å². The fraction of sp³-hybridized carbons (Fsp3) is 0.471. The van der Waals surface area contributed by atoms with E-state index in [9.17, 15) is 5.11 Å². The first-order valence-corrected chi connectivity index (χ1v) is 7.76. The second-order valence-corrected chi connectivity index (χ2v) is 5.70. The molecular formula is C17H22N2O3. The number of phenolic OH excluding ortho intramolecular Hbond substituents is 1. The molecule has 2 aromatic rings.